The second-order valence-corrected chi connectivity index (χ2v) is 5.43. The topological polar surface area (TPSA) is 70.7 Å². The monoisotopic (exact) mass is 265 g/mol. The first kappa shape index (κ1) is 13.6. The predicted octanol–water partition coefficient (Wildman–Crippen LogP) is 2.09. The minimum absolute atomic E-state index is 0.112. The number of aliphatic carboxylic acids is 1. The maximum atomic E-state index is 12.6. The van der Waals surface area contributed by atoms with Crippen molar-refractivity contribution in [3.63, 3.8) is 0 Å². The average Bonchev–Trinajstić information content (AvgIpc) is 2.81. The van der Waals surface area contributed by atoms with Crippen LogP contribution < -0.4 is 0 Å². The van der Waals surface area contributed by atoms with E-state index in [1.165, 1.54) is 6.26 Å². The van der Waals surface area contributed by atoms with Crippen LogP contribution in [-0.4, -0.2) is 34.5 Å². The molecule has 5 nitrogen and oxygen atoms in total. The Balaban J connectivity index is 2.28. The van der Waals surface area contributed by atoms with Crippen molar-refractivity contribution in [2.75, 3.05) is 6.54 Å². The van der Waals surface area contributed by atoms with Gasteiger partial charge in [-0.15, -0.1) is 0 Å². The minimum Gasteiger partial charge on any atom is -0.481 e. The Morgan fingerprint density at radius 2 is 2.16 bits per heavy atom. The Bertz CT molecular complexity index is 506. The molecule has 19 heavy (non-hydrogen) atoms. The number of carboxylic acids is 1. The van der Waals surface area contributed by atoms with Gasteiger partial charge in [-0.1, -0.05) is 6.92 Å². The number of carbonyl (C=O) groups is 2. The average molecular weight is 265 g/mol. The van der Waals surface area contributed by atoms with Crippen LogP contribution in [0.5, 0.6) is 0 Å². The van der Waals surface area contributed by atoms with Crippen LogP contribution in [-0.2, 0) is 11.2 Å². The van der Waals surface area contributed by atoms with Crippen molar-refractivity contribution in [1.82, 2.24) is 4.90 Å². The molecule has 5 heteroatoms. The fourth-order valence-corrected chi connectivity index (χ4v) is 2.78. The number of amides is 1. The zero-order chi connectivity index (χ0) is 14.2. The number of nitrogens with zero attached hydrogens (tertiary/aromatic N) is 1. The van der Waals surface area contributed by atoms with Gasteiger partial charge in [0.15, 0.2) is 0 Å². The SMILES string of the molecule is Cc1coc(CC(=O)O)c1C(=O)N1CC(C)CC1C. The van der Waals surface area contributed by atoms with Gasteiger partial charge in [-0.25, -0.2) is 0 Å². The van der Waals surface area contributed by atoms with Crippen LogP contribution in [0.3, 0.4) is 0 Å². The Hall–Kier alpha value is -1.78. The molecule has 1 amide bonds. The highest BCUT2D eigenvalue weighted by molar-refractivity contribution is 5.97. The fourth-order valence-electron chi connectivity index (χ4n) is 2.78. The molecular weight excluding hydrogens is 246 g/mol. The van der Waals surface area contributed by atoms with Gasteiger partial charge in [0.25, 0.3) is 5.91 Å². The molecule has 104 valence electrons. The van der Waals surface area contributed by atoms with Gasteiger partial charge in [0.05, 0.1) is 11.8 Å². The lowest BCUT2D eigenvalue weighted by molar-refractivity contribution is -0.136. The summed E-state index contributed by atoms with van der Waals surface area (Å²) >= 11 is 0. The molecule has 1 N–H and O–H groups in total. The van der Waals surface area contributed by atoms with Crippen LogP contribution in [0.2, 0.25) is 0 Å². The first-order valence-corrected chi connectivity index (χ1v) is 6.49. The molecule has 0 spiro atoms. The van der Waals surface area contributed by atoms with Gasteiger partial charge in [0.2, 0.25) is 0 Å². The summed E-state index contributed by atoms with van der Waals surface area (Å²) in [5, 5.41) is 8.86. The summed E-state index contributed by atoms with van der Waals surface area (Å²) in [7, 11) is 0. The third kappa shape index (κ3) is 2.64. The van der Waals surface area contributed by atoms with Crippen LogP contribution in [0.15, 0.2) is 10.7 Å². The highest BCUT2D eigenvalue weighted by atomic mass is 16.4. The molecule has 1 aliphatic rings. The van der Waals surface area contributed by atoms with Crippen LogP contribution in [0.1, 0.15) is 41.9 Å². The van der Waals surface area contributed by atoms with Crippen molar-refractivity contribution >= 4 is 11.9 Å². The molecule has 0 bridgehead atoms. The molecule has 1 fully saturated rings. The van der Waals surface area contributed by atoms with E-state index in [2.05, 4.69) is 6.92 Å². The molecule has 0 saturated carbocycles. The lowest BCUT2D eigenvalue weighted by atomic mass is 10.1. The zero-order valence-corrected chi connectivity index (χ0v) is 11.5. The molecule has 0 radical (unpaired) electrons. The number of furan rings is 1. The molecule has 1 aromatic rings. The Kier molecular flexibility index (Phi) is 3.64. The predicted molar refractivity (Wildman–Crippen MR) is 69.1 cm³/mol. The Morgan fingerprint density at radius 1 is 1.47 bits per heavy atom. The van der Waals surface area contributed by atoms with Gasteiger partial charge < -0.3 is 14.4 Å². The maximum Gasteiger partial charge on any atom is 0.311 e. The second-order valence-electron chi connectivity index (χ2n) is 5.43. The summed E-state index contributed by atoms with van der Waals surface area (Å²) in [6.07, 6.45) is 2.18. The van der Waals surface area contributed by atoms with Gasteiger partial charge in [-0.2, -0.15) is 0 Å². The number of hydrogen-bond donors (Lipinski definition) is 1. The molecule has 2 atom stereocenters. The van der Waals surface area contributed by atoms with Crippen molar-refractivity contribution in [2.45, 2.75) is 39.7 Å². The van der Waals surface area contributed by atoms with E-state index in [-0.39, 0.29) is 24.1 Å². The standard InChI is InChI=1S/C14H19NO4/c1-8-4-10(3)15(6-8)14(18)13-9(2)7-19-11(13)5-12(16)17/h7-8,10H,4-6H2,1-3H3,(H,16,17). The normalized spacial score (nSPS) is 22.8. The van der Waals surface area contributed by atoms with Crippen LogP contribution in [0.4, 0.5) is 0 Å². The van der Waals surface area contributed by atoms with Crippen molar-refractivity contribution in [3.05, 3.63) is 23.2 Å². The van der Waals surface area contributed by atoms with Crippen molar-refractivity contribution < 1.29 is 19.1 Å². The minimum atomic E-state index is -0.994. The summed E-state index contributed by atoms with van der Waals surface area (Å²) in [4.78, 5) is 25.2. The molecule has 2 heterocycles. The number of carboxylic acid groups (broad SMARTS) is 1. The third-order valence-electron chi connectivity index (χ3n) is 3.62. The van der Waals surface area contributed by atoms with Gasteiger partial charge in [0, 0.05) is 18.2 Å². The van der Waals surface area contributed by atoms with E-state index in [0.29, 0.717) is 17.0 Å². The summed E-state index contributed by atoms with van der Waals surface area (Å²) in [6.45, 7) is 6.63. The molecule has 0 aromatic carbocycles. The van der Waals surface area contributed by atoms with Gasteiger partial charge in [-0.3, -0.25) is 9.59 Å². The summed E-state index contributed by atoms with van der Waals surface area (Å²) < 4.78 is 5.22. The van der Waals surface area contributed by atoms with E-state index in [0.717, 1.165) is 13.0 Å². The van der Waals surface area contributed by atoms with E-state index in [4.69, 9.17) is 9.52 Å². The van der Waals surface area contributed by atoms with Crippen molar-refractivity contribution in [3.8, 4) is 0 Å². The van der Waals surface area contributed by atoms with E-state index in [9.17, 15) is 9.59 Å². The van der Waals surface area contributed by atoms with Crippen molar-refractivity contribution in [2.24, 2.45) is 5.92 Å². The largest absolute Gasteiger partial charge is 0.481 e. The van der Waals surface area contributed by atoms with Gasteiger partial charge in [-0.05, 0) is 26.2 Å². The highest BCUT2D eigenvalue weighted by Crippen LogP contribution is 2.27. The number of carbonyl (C=O) groups excluding carboxylic acids is 1. The summed E-state index contributed by atoms with van der Waals surface area (Å²) in [5.41, 5.74) is 1.12. The molecule has 1 aromatic heterocycles. The second kappa shape index (κ2) is 5.07. The molecular formula is C14H19NO4. The van der Waals surface area contributed by atoms with Gasteiger partial charge >= 0.3 is 5.97 Å². The van der Waals surface area contributed by atoms with Gasteiger partial charge in [0.1, 0.15) is 12.2 Å². The van der Waals surface area contributed by atoms with E-state index >= 15 is 0 Å². The number of rotatable bonds is 3. The van der Waals surface area contributed by atoms with Crippen molar-refractivity contribution in [1.29, 1.82) is 0 Å². The molecule has 1 saturated heterocycles. The van der Waals surface area contributed by atoms with Crippen LogP contribution >= 0.6 is 0 Å². The fraction of sp³-hybridized carbons (Fsp3) is 0.571. The van der Waals surface area contributed by atoms with Crippen LogP contribution in [0.25, 0.3) is 0 Å². The smallest absolute Gasteiger partial charge is 0.311 e. The molecule has 2 rings (SSSR count). The first-order valence-electron chi connectivity index (χ1n) is 6.49. The maximum absolute atomic E-state index is 12.6. The lowest BCUT2D eigenvalue weighted by Crippen LogP contribution is -2.34. The number of aryl methyl sites for hydroxylation is 1. The Labute approximate surface area is 112 Å². The third-order valence-corrected chi connectivity index (χ3v) is 3.62. The summed E-state index contributed by atoms with van der Waals surface area (Å²) in [5.74, 6) is -0.374. The highest BCUT2D eigenvalue weighted by Gasteiger charge is 2.33. The first-order chi connectivity index (χ1) is 8.90. The molecule has 1 aliphatic heterocycles. The quantitative estimate of drug-likeness (QED) is 0.908. The lowest BCUT2D eigenvalue weighted by Gasteiger charge is -2.21. The van der Waals surface area contributed by atoms with E-state index in [1.54, 1.807) is 6.92 Å². The Morgan fingerprint density at radius 3 is 2.68 bits per heavy atom. The number of likely N-dealkylation sites (tertiary alicyclic amines) is 1. The van der Waals surface area contributed by atoms with E-state index < -0.39 is 5.97 Å². The van der Waals surface area contributed by atoms with Crippen LogP contribution in [0, 0.1) is 12.8 Å². The zero-order valence-electron chi connectivity index (χ0n) is 11.5. The molecule has 0 aliphatic carbocycles. The number of hydrogen-bond acceptors (Lipinski definition) is 3. The molecule has 2 unspecified atom stereocenters. The van der Waals surface area contributed by atoms with E-state index in [1.807, 2.05) is 11.8 Å². The summed E-state index contributed by atoms with van der Waals surface area (Å²) in [6, 6.07) is 0.189.